The SMILES string of the molecule is Cc1cccc(Cl)c1-c1nc(C(C)(C)O)cn1C1(CO)C=CC(c2cccc(S(C)(=O)=O)c2)=CC1Cl. The van der Waals surface area contributed by atoms with Crippen molar-refractivity contribution in [2.24, 2.45) is 0 Å². The van der Waals surface area contributed by atoms with Crippen molar-refractivity contribution in [3.63, 3.8) is 0 Å². The summed E-state index contributed by atoms with van der Waals surface area (Å²) in [7, 11) is -3.38. The zero-order valence-corrected chi connectivity index (χ0v) is 22.7. The number of allylic oxidation sites excluding steroid dienone is 3. The van der Waals surface area contributed by atoms with Crippen LogP contribution in [-0.2, 0) is 21.0 Å². The van der Waals surface area contributed by atoms with Gasteiger partial charge in [0.2, 0.25) is 0 Å². The molecule has 0 saturated carbocycles. The average molecular weight is 548 g/mol. The van der Waals surface area contributed by atoms with Gasteiger partial charge in [-0.25, -0.2) is 13.4 Å². The van der Waals surface area contributed by atoms with E-state index in [1.165, 1.54) is 0 Å². The molecule has 36 heavy (non-hydrogen) atoms. The van der Waals surface area contributed by atoms with Crippen LogP contribution < -0.4 is 0 Å². The van der Waals surface area contributed by atoms with E-state index >= 15 is 0 Å². The molecule has 1 aliphatic rings. The van der Waals surface area contributed by atoms with E-state index in [2.05, 4.69) is 0 Å². The predicted octanol–water partition coefficient (Wildman–Crippen LogP) is 5.09. The molecular formula is C27H28Cl2N2O4S. The van der Waals surface area contributed by atoms with Gasteiger partial charge in [0.05, 0.1) is 27.6 Å². The average Bonchev–Trinajstić information content (AvgIpc) is 3.25. The van der Waals surface area contributed by atoms with Crippen LogP contribution >= 0.6 is 23.2 Å². The number of aryl methyl sites for hydroxylation is 1. The summed E-state index contributed by atoms with van der Waals surface area (Å²) in [4.78, 5) is 4.94. The summed E-state index contributed by atoms with van der Waals surface area (Å²) in [6, 6.07) is 12.2. The number of aliphatic hydroxyl groups is 2. The third-order valence-corrected chi connectivity index (χ3v) is 8.36. The maximum Gasteiger partial charge on any atom is 0.175 e. The van der Waals surface area contributed by atoms with Gasteiger partial charge in [-0.2, -0.15) is 0 Å². The second-order valence-electron chi connectivity index (χ2n) is 9.62. The summed E-state index contributed by atoms with van der Waals surface area (Å²) in [5, 5.41) is 21.2. The zero-order valence-electron chi connectivity index (χ0n) is 20.4. The Morgan fingerprint density at radius 1 is 1.19 bits per heavy atom. The van der Waals surface area contributed by atoms with E-state index in [1.54, 1.807) is 61.0 Å². The van der Waals surface area contributed by atoms with Crippen LogP contribution in [0.25, 0.3) is 17.0 Å². The Labute approximate surface area is 221 Å². The summed E-state index contributed by atoms with van der Waals surface area (Å²) in [6.07, 6.45) is 8.24. The molecule has 1 aromatic heterocycles. The Balaban J connectivity index is 1.88. The van der Waals surface area contributed by atoms with Gasteiger partial charge in [-0.3, -0.25) is 0 Å². The minimum atomic E-state index is -3.38. The lowest BCUT2D eigenvalue weighted by atomic mass is 9.86. The highest BCUT2D eigenvalue weighted by Crippen LogP contribution is 2.41. The number of hydrogen-bond acceptors (Lipinski definition) is 5. The molecule has 0 aliphatic heterocycles. The number of benzene rings is 2. The van der Waals surface area contributed by atoms with Crippen molar-refractivity contribution in [3.8, 4) is 11.4 Å². The van der Waals surface area contributed by atoms with Crippen molar-refractivity contribution in [1.82, 2.24) is 9.55 Å². The van der Waals surface area contributed by atoms with Crippen LogP contribution in [0.15, 0.2) is 71.8 Å². The second-order valence-corrected chi connectivity index (χ2v) is 12.5. The van der Waals surface area contributed by atoms with Gasteiger partial charge in [-0.1, -0.05) is 54.1 Å². The molecule has 1 heterocycles. The maximum absolute atomic E-state index is 12.0. The largest absolute Gasteiger partial charge is 0.394 e. The van der Waals surface area contributed by atoms with Crippen LogP contribution in [0.5, 0.6) is 0 Å². The summed E-state index contributed by atoms with van der Waals surface area (Å²) < 4.78 is 25.8. The van der Waals surface area contributed by atoms with Crippen molar-refractivity contribution in [2.75, 3.05) is 12.9 Å². The second kappa shape index (κ2) is 9.47. The number of sulfone groups is 1. The first-order valence-corrected chi connectivity index (χ1v) is 14.0. The molecule has 2 N–H and O–H groups in total. The van der Waals surface area contributed by atoms with Crippen LogP contribution in [0.2, 0.25) is 5.02 Å². The highest BCUT2D eigenvalue weighted by molar-refractivity contribution is 7.90. The number of hydrogen-bond donors (Lipinski definition) is 2. The van der Waals surface area contributed by atoms with Gasteiger partial charge in [-0.15, -0.1) is 11.6 Å². The standard InChI is InChI=1S/C27H28Cl2N2O4S/c1-17-7-5-10-21(28)24(17)25-30-23(26(2,3)33)15-31(25)27(16-32)12-11-19(14-22(27)29)18-8-6-9-20(13-18)36(4,34)35/h5-15,22,32-33H,16H2,1-4H3. The Morgan fingerprint density at radius 3 is 2.47 bits per heavy atom. The molecule has 0 saturated heterocycles. The monoisotopic (exact) mass is 546 g/mol. The molecule has 0 radical (unpaired) electrons. The first-order valence-electron chi connectivity index (χ1n) is 11.3. The Hall–Kier alpha value is -2.42. The molecular weight excluding hydrogens is 519 g/mol. The van der Waals surface area contributed by atoms with E-state index in [4.69, 9.17) is 28.2 Å². The van der Waals surface area contributed by atoms with Crippen LogP contribution in [0, 0.1) is 6.92 Å². The molecule has 3 aromatic rings. The van der Waals surface area contributed by atoms with Crippen LogP contribution in [-0.4, -0.2) is 46.4 Å². The van der Waals surface area contributed by atoms with Gasteiger partial charge in [0.25, 0.3) is 0 Å². The molecule has 0 fully saturated rings. The Morgan fingerprint density at radius 2 is 1.89 bits per heavy atom. The minimum absolute atomic E-state index is 0.209. The van der Waals surface area contributed by atoms with Crippen molar-refractivity contribution in [1.29, 1.82) is 0 Å². The van der Waals surface area contributed by atoms with Crippen molar-refractivity contribution in [2.45, 2.75) is 42.2 Å². The van der Waals surface area contributed by atoms with Crippen LogP contribution in [0.4, 0.5) is 0 Å². The maximum atomic E-state index is 12.0. The number of aromatic nitrogens is 2. The first kappa shape index (κ1) is 26.6. The summed E-state index contributed by atoms with van der Waals surface area (Å²) >= 11 is 13.5. The fraction of sp³-hybridized carbons (Fsp3) is 0.296. The van der Waals surface area contributed by atoms with E-state index in [0.29, 0.717) is 27.7 Å². The predicted molar refractivity (Wildman–Crippen MR) is 144 cm³/mol. The molecule has 0 amide bonds. The molecule has 1 aliphatic carbocycles. The minimum Gasteiger partial charge on any atom is -0.394 e. The number of rotatable bonds is 6. The first-order chi connectivity index (χ1) is 16.8. The van der Waals surface area contributed by atoms with Crippen LogP contribution in [0.3, 0.4) is 0 Å². The fourth-order valence-electron chi connectivity index (χ4n) is 4.30. The van der Waals surface area contributed by atoms with Gasteiger partial charge in [0.1, 0.15) is 17.0 Å². The van der Waals surface area contributed by atoms with E-state index in [-0.39, 0.29) is 11.5 Å². The highest BCUT2D eigenvalue weighted by atomic mass is 35.5. The van der Waals surface area contributed by atoms with Gasteiger partial charge >= 0.3 is 0 Å². The lowest BCUT2D eigenvalue weighted by molar-refractivity contribution is 0.0739. The molecule has 0 spiro atoms. The lowest BCUT2D eigenvalue weighted by Crippen LogP contribution is -2.44. The third kappa shape index (κ3) is 4.78. The molecule has 9 heteroatoms. The van der Waals surface area contributed by atoms with Crippen LogP contribution in [0.1, 0.15) is 30.7 Å². The number of nitrogens with zero attached hydrogens (tertiary/aromatic N) is 2. The quantitative estimate of drug-likeness (QED) is 0.420. The van der Waals surface area contributed by atoms with Gasteiger partial charge in [0.15, 0.2) is 9.84 Å². The highest BCUT2D eigenvalue weighted by Gasteiger charge is 2.41. The lowest BCUT2D eigenvalue weighted by Gasteiger charge is -2.37. The van der Waals surface area contributed by atoms with Gasteiger partial charge in [0, 0.05) is 18.0 Å². The van der Waals surface area contributed by atoms with E-state index in [1.807, 2.05) is 31.2 Å². The molecule has 2 aromatic carbocycles. The molecule has 190 valence electrons. The molecule has 2 unspecified atom stereocenters. The normalized spacial score (nSPS) is 20.4. The van der Waals surface area contributed by atoms with Crippen molar-refractivity contribution < 1.29 is 18.6 Å². The zero-order chi connectivity index (χ0) is 26.5. The number of halogens is 2. The summed E-state index contributed by atoms with van der Waals surface area (Å²) in [5.41, 5.74) is 0.979. The molecule has 6 nitrogen and oxygen atoms in total. The fourth-order valence-corrected chi connectivity index (χ4v) is 5.65. The van der Waals surface area contributed by atoms with E-state index in [9.17, 15) is 18.6 Å². The molecule has 4 rings (SSSR count). The van der Waals surface area contributed by atoms with E-state index in [0.717, 1.165) is 17.4 Å². The van der Waals surface area contributed by atoms with Crippen molar-refractivity contribution in [3.05, 3.63) is 88.7 Å². The van der Waals surface area contributed by atoms with E-state index < -0.39 is 26.4 Å². The smallest absolute Gasteiger partial charge is 0.175 e. The number of alkyl halides is 1. The van der Waals surface area contributed by atoms with Gasteiger partial charge in [-0.05, 0) is 55.7 Å². The Kier molecular flexibility index (Phi) is 7.01. The number of imidazole rings is 1. The van der Waals surface area contributed by atoms with Gasteiger partial charge < -0.3 is 14.8 Å². The molecule has 2 atom stereocenters. The summed E-state index contributed by atoms with van der Waals surface area (Å²) in [6.45, 7) is 4.83. The Bertz CT molecular complexity index is 1470. The number of aliphatic hydroxyl groups excluding tert-OH is 1. The third-order valence-electron chi connectivity index (χ3n) is 6.43. The topological polar surface area (TPSA) is 92.4 Å². The summed E-state index contributed by atoms with van der Waals surface area (Å²) in [5.74, 6) is 0.468. The van der Waals surface area contributed by atoms with Crippen molar-refractivity contribution >= 4 is 38.6 Å². The molecule has 0 bridgehead atoms.